The van der Waals surface area contributed by atoms with Crippen LogP contribution in [0.25, 0.3) is 0 Å². The van der Waals surface area contributed by atoms with E-state index in [2.05, 4.69) is 9.24 Å². The standard InChI is InChI=1S/C7H13N4P/c1-2-3(8)5(10)6(11)7(12)4(2)9/h8-12H2,1H3. The molecule has 0 aliphatic carbocycles. The molecule has 1 unspecified atom stereocenters. The Balaban J connectivity index is 3.60. The van der Waals surface area contributed by atoms with Crippen LogP contribution in [0.1, 0.15) is 5.56 Å². The third kappa shape index (κ3) is 1.04. The zero-order chi connectivity index (χ0) is 9.46. The lowest BCUT2D eigenvalue weighted by Gasteiger charge is -2.13. The Morgan fingerprint density at radius 2 is 1.33 bits per heavy atom. The summed E-state index contributed by atoms with van der Waals surface area (Å²) in [6.07, 6.45) is 0. The summed E-state index contributed by atoms with van der Waals surface area (Å²) in [5.41, 5.74) is 25.3. The highest BCUT2D eigenvalue weighted by molar-refractivity contribution is 7.28. The SMILES string of the molecule is Cc1c(N)c(N)c(N)c(P)c1N. The molecule has 8 N–H and O–H groups in total. The molecular weight excluding hydrogens is 171 g/mol. The van der Waals surface area contributed by atoms with Crippen molar-refractivity contribution in [3.63, 3.8) is 0 Å². The lowest BCUT2D eigenvalue weighted by Crippen LogP contribution is -2.15. The molecule has 0 aromatic heterocycles. The Labute approximate surface area is 73.5 Å². The quantitative estimate of drug-likeness (QED) is 0.331. The van der Waals surface area contributed by atoms with E-state index in [0.29, 0.717) is 22.7 Å². The van der Waals surface area contributed by atoms with Gasteiger partial charge in [-0.3, -0.25) is 0 Å². The fourth-order valence-corrected chi connectivity index (χ4v) is 1.36. The second-order valence-electron chi connectivity index (χ2n) is 2.69. The molecule has 0 aliphatic heterocycles. The van der Waals surface area contributed by atoms with Crippen LogP contribution in [-0.2, 0) is 0 Å². The van der Waals surface area contributed by atoms with Gasteiger partial charge in [0.15, 0.2) is 0 Å². The summed E-state index contributed by atoms with van der Waals surface area (Å²) in [5.74, 6) is 0. The second kappa shape index (κ2) is 2.72. The molecule has 0 radical (unpaired) electrons. The first-order valence-corrected chi connectivity index (χ1v) is 4.02. The van der Waals surface area contributed by atoms with E-state index in [1.54, 1.807) is 0 Å². The fraction of sp³-hybridized carbons (Fsp3) is 0.143. The molecule has 0 amide bonds. The van der Waals surface area contributed by atoms with Crippen LogP contribution in [0.5, 0.6) is 0 Å². The molecule has 12 heavy (non-hydrogen) atoms. The van der Waals surface area contributed by atoms with Gasteiger partial charge in [-0.25, -0.2) is 0 Å². The van der Waals surface area contributed by atoms with Crippen molar-refractivity contribution in [2.24, 2.45) is 0 Å². The van der Waals surface area contributed by atoms with E-state index in [0.717, 1.165) is 10.9 Å². The zero-order valence-electron chi connectivity index (χ0n) is 6.89. The van der Waals surface area contributed by atoms with Crippen molar-refractivity contribution in [2.45, 2.75) is 6.92 Å². The van der Waals surface area contributed by atoms with Crippen LogP contribution < -0.4 is 28.2 Å². The molecule has 0 bridgehead atoms. The van der Waals surface area contributed by atoms with Crippen LogP contribution in [0.3, 0.4) is 0 Å². The number of hydrogen-bond acceptors (Lipinski definition) is 4. The van der Waals surface area contributed by atoms with Gasteiger partial charge in [0.1, 0.15) is 0 Å². The molecule has 1 atom stereocenters. The molecule has 66 valence electrons. The van der Waals surface area contributed by atoms with E-state index in [-0.39, 0.29) is 0 Å². The summed E-state index contributed by atoms with van der Waals surface area (Å²) < 4.78 is 0. The summed E-state index contributed by atoms with van der Waals surface area (Å²) in [6, 6.07) is 0. The highest BCUT2D eigenvalue weighted by Crippen LogP contribution is 2.30. The van der Waals surface area contributed by atoms with E-state index in [4.69, 9.17) is 22.9 Å². The number of benzene rings is 1. The van der Waals surface area contributed by atoms with Crippen molar-refractivity contribution < 1.29 is 0 Å². The predicted molar refractivity (Wildman–Crippen MR) is 58.2 cm³/mol. The zero-order valence-corrected chi connectivity index (χ0v) is 8.04. The van der Waals surface area contributed by atoms with Crippen molar-refractivity contribution in [1.29, 1.82) is 0 Å². The van der Waals surface area contributed by atoms with Crippen LogP contribution in [0.4, 0.5) is 22.7 Å². The highest BCUT2D eigenvalue weighted by atomic mass is 31.0. The van der Waals surface area contributed by atoms with Gasteiger partial charge in [-0.1, -0.05) is 0 Å². The lowest BCUT2D eigenvalue weighted by atomic mass is 10.1. The molecule has 0 saturated heterocycles. The van der Waals surface area contributed by atoms with Gasteiger partial charge in [0.25, 0.3) is 0 Å². The third-order valence-corrected chi connectivity index (χ3v) is 2.59. The van der Waals surface area contributed by atoms with Gasteiger partial charge in [-0.2, -0.15) is 0 Å². The van der Waals surface area contributed by atoms with Gasteiger partial charge in [0.05, 0.1) is 17.1 Å². The van der Waals surface area contributed by atoms with Crippen LogP contribution >= 0.6 is 9.24 Å². The Hall–Kier alpha value is -1.15. The van der Waals surface area contributed by atoms with Crippen LogP contribution in [0.15, 0.2) is 0 Å². The monoisotopic (exact) mass is 184 g/mol. The molecule has 4 nitrogen and oxygen atoms in total. The average molecular weight is 184 g/mol. The molecule has 0 fully saturated rings. The Morgan fingerprint density at radius 1 is 0.833 bits per heavy atom. The minimum atomic E-state index is 0.409. The molecule has 0 saturated carbocycles. The third-order valence-electron chi connectivity index (χ3n) is 1.97. The van der Waals surface area contributed by atoms with E-state index in [1.165, 1.54) is 0 Å². The maximum atomic E-state index is 5.72. The molecule has 0 aliphatic rings. The van der Waals surface area contributed by atoms with Gasteiger partial charge in [0, 0.05) is 11.0 Å². The van der Waals surface area contributed by atoms with Crippen molar-refractivity contribution >= 4 is 37.3 Å². The van der Waals surface area contributed by atoms with Gasteiger partial charge in [0.2, 0.25) is 0 Å². The van der Waals surface area contributed by atoms with E-state index < -0.39 is 0 Å². The molecule has 1 aromatic carbocycles. The minimum Gasteiger partial charge on any atom is -0.398 e. The topological polar surface area (TPSA) is 104 Å². The van der Waals surface area contributed by atoms with Crippen molar-refractivity contribution in [3.8, 4) is 0 Å². The van der Waals surface area contributed by atoms with E-state index in [1.807, 2.05) is 6.92 Å². The summed E-state index contributed by atoms with van der Waals surface area (Å²) >= 11 is 0. The maximum Gasteiger partial charge on any atom is 0.0792 e. The molecule has 1 rings (SSSR count). The van der Waals surface area contributed by atoms with E-state index >= 15 is 0 Å². The highest BCUT2D eigenvalue weighted by Gasteiger charge is 2.11. The summed E-state index contributed by atoms with van der Waals surface area (Å²) in [5, 5.41) is 0.721. The van der Waals surface area contributed by atoms with Crippen LogP contribution in [-0.4, -0.2) is 0 Å². The van der Waals surface area contributed by atoms with Crippen LogP contribution in [0.2, 0.25) is 0 Å². The predicted octanol–water partition coefficient (Wildman–Crippen LogP) is -0.176. The Kier molecular flexibility index (Phi) is 2.02. The van der Waals surface area contributed by atoms with Crippen molar-refractivity contribution in [3.05, 3.63) is 5.56 Å². The van der Waals surface area contributed by atoms with Gasteiger partial charge >= 0.3 is 0 Å². The number of hydrogen-bond donors (Lipinski definition) is 4. The maximum absolute atomic E-state index is 5.72. The van der Waals surface area contributed by atoms with Crippen LogP contribution in [0, 0.1) is 6.92 Å². The van der Waals surface area contributed by atoms with Crippen molar-refractivity contribution in [2.75, 3.05) is 22.9 Å². The molecular formula is C7H13N4P. The first-order chi connectivity index (χ1) is 5.46. The smallest absolute Gasteiger partial charge is 0.0792 e. The first kappa shape index (κ1) is 8.94. The normalized spacial score (nSPS) is 10.2. The lowest BCUT2D eigenvalue weighted by molar-refractivity contribution is 1.49. The first-order valence-electron chi connectivity index (χ1n) is 3.44. The molecule has 1 aromatic rings. The van der Waals surface area contributed by atoms with E-state index in [9.17, 15) is 0 Å². The summed E-state index contributed by atoms with van der Waals surface area (Å²) in [7, 11) is 2.45. The number of anilines is 4. The number of nitrogens with two attached hydrogens (primary N) is 4. The second-order valence-corrected chi connectivity index (χ2v) is 3.27. The van der Waals surface area contributed by atoms with Gasteiger partial charge in [-0.05, 0) is 12.5 Å². The van der Waals surface area contributed by atoms with Gasteiger partial charge < -0.3 is 22.9 Å². The summed E-state index contributed by atoms with van der Waals surface area (Å²) in [4.78, 5) is 0. The molecule has 0 heterocycles. The molecule has 0 spiro atoms. The number of rotatable bonds is 0. The molecule has 5 heteroatoms. The average Bonchev–Trinajstić information content (AvgIpc) is 2.08. The Bertz CT molecular complexity index is 230. The largest absolute Gasteiger partial charge is 0.398 e. The van der Waals surface area contributed by atoms with Crippen molar-refractivity contribution in [1.82, 2.24) is 0 Å². The summed E-state index contributed by atoms with van der Waals surface area (Å²) in [6.45, 7) is 1.81. The van der Waals surface area contributed by atoms with Gasteiger partial charge in [-0.15, -0.1) is 9.24 Å². The minimum absolute atomic E-state index is 0.409. The number of nitrogen functional groups attached to an aromatic ring is 4. The fourth-order valence-electron chi connectivity index (χ4n) is 0.984. The Morgan fingerprint density at radius 3 is 1.83 bits per heavy atom.